The summed E-state index contributed by atoms with van der Waals surface area (Å²) in [6, 6.07) is 12.0. The topological polar surface area (TPSA) is 39.2 Å². The SMILES string of the molecule is CCCCCc1ccc(-c2ccc(OC(=O)[C@H]3CC[C@H](CCCCC)CC3)cc2)nc1. The minimum atomic E-state index is -0.0608. The molecule has 0 atom stereocenters. The van der Waals surface area contributed by atoms with Crippen LogP contribution in [0.5, 0.6) is 5.75 Å². The van der Waals surface area contributed by atoms with Gasteiger partial charge >= 0.3 is 5.97 Å². The van der Waals surface area contributed by atoms with Crippen LogP contribution in [0.25, 0.3) is 11.3 Å². The van der Waals surface area contributed by atoms with Crippen LogP contribution in [0.1, 0.15) is 90.0 Å². The zero-order valence-corrected chi connectivity index (χ0v) is 19.4. The molecule has 1 heterocycles. The number of nitrogens with zero attached hydrogens (tertiary/aromatic N) is 1. The van der Waals surface area contributed by atoms with Crippen molar-refractivity contribution in [2.45, 2.75) is 90.9 Å². The third-order valence-corrected chi connectivity index (χ3v) is 6.66. The summed E-state index contributed by atoms with van der Waals surface area (Å²) in [5, 5.41) is 0. The highest BCUT2D eigenvalue weighted by atomic mass is 16.5. The van der Waals surface area contributed by atoms with Crippen LogP contribution in [-0.4, -0.2) is 11.0 Å². The van der Waals surface area contributed by atoms with E-state index in [-0.39, 0.29) is 11.9 Å². The van der Waals surface area contributed by atoms with Crippen molar-refractivity contribution < 1.29 is 9.53 Å². The van der Waals surface area contributed by atoms with Gasteiger partial charge in [-0.25, -0.2) is 0 Å². The van der Waals surface area contributed by atoms with E-state index >= 15 is 0 Å². The molecule has 31 heavy (non-hydrogen) atoms. The summed E-state index contributed by atoms with van der Waals surface area (Å²) < 4.78 is 5.69. The first-order valence-electron chi connectivity index (χ1n) is 12.5. The molecule has 0 saturated heterocycles. The Hall–Kier alpha value is -2.16. The van der Waals surface area contributed by atoms with Gasteiger partial charge in [0, 0.05) is 11.8 Å². The van der Waals surface area contributed by atoms with Crippen molar-refractivity contribution in [3.05, 3.63) is 48.2 Å². The molecule has 0 N–H and O–H groups in total. The van der Waals surface area contributed by atoms with Gasteiger partial charge in [-0.15, -0.1) is 0 Å². The Labute approximate surface area is 188 Å². The summed E-state index contributed by atoms with van der Waals surface area (Å²) in [5.41, 5.74) is 3.30. The Morgan fingerprint density at radius 1 is 0.903 bits per heavy atom. The average Bonchev–Trinajstić information content (AvgIpc) is 2.81. The zero-order valence-electron chi connectivity index (χ0n) is 19.4. The lowest BCUT2D eigenvalue weighted by atomic mass is 9.80. The molecule has 1 aliphatic rings. The number of esters is 1. The zero-order chi connectivity index (χ0) is 21.9. The van der Waals surface area contributed by atoms with Crippen LogP contribution in [0.15, 0.2) is 42.6 Å². The van der Waals surface area contributed by atoms with E-state index in [0.717, 1.165) is 36.4 Å². The van der Waals surface area contributed by atoms with Crippen LogP contribution in [0.4, 0.5) is 0 Å². The maximum absolute atomic E-state index is 12.6. The van der Waals surface area contributed by atoms with Gasteiger partial charge in [-0.2, -0.15) is 0 Å². The molecule has 3 heteroatoms. The molecule has 0 bridgehead atoms. The first-order valence-corrected chi connectivity index (χ1v) is 12.5. The summed E-state index contributed by atoms with van der Waals surface area (Å²) in [6.45, 7) is 4.48. The van der Waals surface area contributed by atoms with Crippen molar-refractivity contribution in [3.8, 4) is 17.0 Å². The molecule has 0 unspecified atom stereocenters. The van der Waals surface area contributed by atoms with Crippen LogP contribution < -0.4 is 4.74 Å². The van der Waals surface area contributed by atoms with Crippen molar-refractivity contribution in [3.63, 3.8) is 0 Å². The number of hydrogen-bond donors (Lipinski definition) is 0. The Morgan fingerprint density at radius 3 is 2.26 bits per heavy atom. The summed E-state index contributed by atoms with van der Waals surface area (Å²) in [4.78, 5) is 17.2. The smallest absolute Gasteiger partial charge is 0.314 e. The van der Waals surface area contributed by atoms with Crippen LogP contribution >= 0.6 is 0 Å². The largest absolute Gasteiger partial charge is 0.426 e. The molecule has 2 aromatic rings. The van der Waals surface area contributed by atoms with Gasteiger partial charge < -0.3 is 4.74 Å². The molecule has 0 amide bonds. The lowest BCUT2D eigenvalue weighted by Gasteiger charge is -2.27. The number of benzene rings is 1. The number of carbonyl (C=O) groups is 1. The predicted octanol–water partition coefficient (Wildman–Crippen LogP) is 7.77. The summed E-state index contributed by atoms with van der Waals surface area (Å²) in [6.07, 6.45) is 16.4. The Balaban J connectivity index is 1.46. The molecule has 168 valence electrons. The van der Waals surface area contributed by atoms with E-state index in [1.165, 1.54) is 63.4 Å². The predicted molar refractivity (Wildman–Crippen MR) is 128 cm³/mol. The van der Waals surface area contributed by atoms with Gasteiger partial charge in [0.25, 0.3) is 0 Å². The van der Waals surface area contributed by atoms with E-state index in [2.05, 4.69) is 31.0 Å². The van der Waals surface area contributed by atoms with Gasteiger partial charge in [0.1, 0.15) is 5.75 Å². The quantitative estimate of drug-likeness (QED) is 0.211. The number of aryl methyl sites for hydroxylation is 1. The lowest BCUT2D eigenvalue weighted by molar-refractivity contribution is -0.140. The monoisotopic (exact) mass is 421 g/mol. The number of hydrogen-bond acceptors (Lipinski definition) is 3. The number of carbonyl (C=O) groups excluding carboxylic acids is 1. The highest BCUT2D eigenvalue weighted by Crippen LogP contribution is 2.33. The molecular weight excluding hydrogens is 382 g/mol. The summed E-state index contributed by atoms with van der Waals surface area (Å²) in [7, 11) is 0. The van der Waals surface area contributed by atoms with Crippen LogP contribution in [0, 0.1) is 11.8 Å². The van der Waals surface area contributed by atoms with E-state index in [4.69, 9.17) is 4.74 Å². The Kier molecular flexibility index (Phi) is 9.58. The Bertz CT molecular complexity index is 774. The fraction of sp³-hybridized carbons (Fsp3) is 0.571. The van der Waals surface area contributed by atoms with Gasteiger partial charge in [-0.1, -0.05) is 58.4 Å². The second-order valence-corrected chi connectivity index (χ2v) is 9.17. The molecule has 3 nitrogen and oxygen atoms in total. The van der Waals surface area contributed by atoms with Crippen molar-refractivity contribution >= 4 is 5.97 Å². The van der Waals surface area contributed by atoms with E-state index in [9.17, 15) is 4.79 Å². The fourth-order valence-corrected chi connectivity index (χ4v) is 4.59. The number of pyridine rings is 1. The fourth-order valence-electron chi connectivity index (χ4n) is 4.59. The third-order valence-electron chi connectivity index (χ3n) is 6.66. The average molecular weight is 422 g/mol. The van der Waals surface area contributed by atoms with Crippen molar-refractivity contribution in [2.24, 2.45) is 11.8 Å². The van der Waals surface area contributed by atoms with Crippen molar-refractivity contribution in [1.29, 1.82) is 0 Å². The molecular formula is C28H39NO2. The van der Waals surface area contributed by atoms with Crippen LogP contribution in [0.2, 0.25) is 0 Å². The highest BCUT2D eigenvalue weighted by Gasteiger charge is 2.27. The highest BCUT2D eigenvalue weighted by molar-refractivity contribution is 5.75. The van der Waals surface area contributed by atoms with E-state index in [1.54, 1.807) is 0 Å². The van der Waals surface area contributed by atoms with Gasteiger partial charge in [0.2, 0.25) is 0 Å². The van der Waals surface area contributed by atoms with Crippen molar-refractivity contribution in [1.82, 2.24) is 4.98 Å². The third kappa shape index (κ3) is 7.48. The number of ether oxygens (including phenoxy) is 1. The number of rotatable bonds is 11. The second kappa shape index (κ2) is 12.6. The molecule has 0 aliphatic heterocycles. The first kappa shape index (κ1) is 23.5. The first-order chi connectivity index (χ1) is 15.2. The van der Waals surface area contributed by atoms with Crippen molar-refractivity contribution in [2.75, 3.05) is 0 Å². The lowest BCUT2D eigenvalue weighted by Crippen LogP contribution is -2.25. The molecule has 1 aromatic carbocycles. The van der Waals surface area contributed by atoms with Gasteiger partial charge in [0.05, 0.1) is 11.6 Å². The van der Waals surface area contributed by atoms with Gasteiger partial charge in [0.15, 0.2) is 0 Å². The maximum Gasteiger partial charge on any atom is 0.314 e. The summed E-state index contributed by atoms with van der Waals surface area (Å²) in [5.74, 6) is 1.44. The molecule has 0 spiro atoms. The van der Waals surface area contributed by atoms with E-state index < -0.39 is 0 Å². The maximum atomic E-state index is 12.6. The van der Waals surface area contributed by atoms with Gasteiger partial charge in [-0.05, 0) is 80.3 Å². The standard InChI is InChI=1S/C28H39NO2/c1-3-5-7-9-22-11-14-25(15-12-22)28(30)31-26-18-16-24(17-19-26)27-20-13-23(21-29-27)10-8-6-4-2/h13,16-22,25H,3-12,14-15H2,1-2H3/t22-,25-. The molecule has 1 fully saturated rings. The second-order valence-electron chi connectivity index (χ2n) is 9.17. The molecule has 1 aliphatic carbocycles. The molecule has 1 aromatic heterocycles. The van der Waals surface area contributed by atoms with E-state index in [1.807, 2.05) is 30.5 Å². The van der Waals surface area contributed by atoms with Gasteiger partial charge in [-0.3, -0.25) is 9.78 Å². The molecule has 1 saturated carbocycles. The number of aromatic nitrogens is 1. The Morgan fingerprint density at radius 2 is 1.61 bits per heavy atom. The minimum Gasteiger partial charge on any atom is -0.426 e. The van der Waals surface area contributed by atoms with Crippen LogP contribution in [0.3, 0.4) is 0 Å². The molecule has 3 rings (SSSR count). The van der Waals surface area contributed by atoms with Crippen LogP contribution in [-0.2, 0) is 11.2 Å². The molecule has 0 radical (unpaired) electrons. The van der Waals surface area contributed by atoms with E-state index in [0.29, 0.717) is 5.75 Å². The minimum absolute atomic E-state index is 0.0593. The normalized spacial score (nSPS) is 18.6. The summed E-state index contributed by atoms with van der Waals surface area (Å²) >= 11 is 0. The number of unbranched alkanes of at least 4 members (excludes halogenated alkanes) is 4.